The van der Waals surface area contributed by atoms with E-state index < -0.39 is 5.97 Å². The van der Waals surface area contributed by atoms with Gasteiger partial charge in [0.1, 0.15) is 9.83 Å². The van der Waals surface area contributed by atoms with Crippen LogP contribution in [0.5, 0.6) is 0 Å². The molecular weight excluding hydrogens is 657 g/mol. The van der Waals surface area contributed by atoms with Crippen LogP contribution in [0.2, 0.25) is 0 Å². The van der Waals surface area contributed by atoms with Gasteiger partial charge in [0.2, 0.25) is 5.13 Å². The molecule has 2 aromatic heterocycles. The number of nitrogens with zero attached hydrogens (tertiary/aromatic N) is 6. The van der Waals surface area contributed by atoms with Crippen molar-refractivity contribution in [2.75, 3.05) is 31.7 Å². The number of benzene rings is 2. The number of hydrogen-bond donors (Lipinski definition) is 0. The normalized spacial score (nSPS) is 11.4. The van der Waals surface area contributed by atoms with E-state index >= 15 is 0 Å². The SMILES string of the molecule is C=CC(=O)OCCCCCCCCCCCN(C)c1ccc(N=Nc2nc3sc(N=Nc4ccc(CCOC(=O)C=C)cc4)cc3s2)cc1. The number of carbonyl (C=O) groups excluding carboxylic acids is 2. The van der Waals surface area contributed by atoms with Gasteiger partial charge in [-0.2, -0.15) is 0 Å². The number of thiophene rings is 1. The summed E-state index contributed by atoms with van der Waals surface area (Å²) in [5, 5.41) is 18.8. The fourth-order valence-corrected chi connectivity index (χ4v) is 6.74. The van der Waals surface area contributed by atoms with Crippen LogP contribution < -0.4 is 4.90 Å². The van der Waals surface area contributed by atoms with Crippen molar-refractivity contribution in [3.8, 4) is 0 Å². The highest BCUT2D eigenvalue weighted by atomic mass is 32.1. The predicted octanol–water partition coefficient (Wildman–Crippen LogP) is 11.1. The zero-order valence-electron chi connectivity index (χ0n) is 28.1. The Morgan fingerprint density at radius 3 is 1.94 bits per heavy atom. The summed E-state index contributed by atoms with van der Waals surface area (Å²) in [6.45, 7) is 8.61. The highest BCUT2D eigenvalue weighted by Crippen LogP contribution is 2.39. The Labute approximate surface area is 296 Å². The average Bonchev–Trinajstić information content (AvgIpc) is 3.69. The number of rotatable bonds is 22. The molecule has 2 heterocycles. The maximum Gasteiger partial charge on any atom is 0.330 e. The molecule has 0 amide bonds. The summed E-state index contributed by atoms with van der Waals surface area (Å²) in [5.74, 6) is -0.754. The highest BCUT2D eigenvalue weighted by Gasteiger charge is 2.09. The van der Waals surface area contributed by atoms with Crippen molar-refractivity contribution in [1.29, 1.82) is 0 Å². The second-order valence-corrected chi connectivity index (χ2v) is 13.4. The lowest BCUT2D eigenvalue weighted by molar-refractivity contribution is -0.138. The molecule has 0 radical (unpaired) electrons. The summed E-state index contributed by atoms with van der Waals surface area (Å²) in [6, 6.07) is 17.8. The summed E-state index contributed by atoms with van der Waals surface area (Å²) in [4.78, 5) is 29.9. The van der Waals surface area contributed by atoms with Gasteiger partial charge < -0.3 is 14.4 Å². The lowest BCUT2D eigenvalue weighted by Crippen LogP contribution is -2.18. The number of unbranched alkanes of at least 4 members (excludes halogenated alkanes) is 8. The molecule has 258 valence electrons. The zero-order chi connectivity index (χ0) is 34.7. The third-order valence-electron chi connectivity index (χ3n) is 7.66. The number of azo groups is 2. The zero-order valence-corrected chi connectivity index (χ0v) is 29.7. The fraction of sp³-hybridized carbons (Fsp3) is 0.378. The summed E-state index contributed by atoms with van der Waals surface area (Å²) in [6.07, 6.45) is 13.7. The van der Waals surface area contributed by atoms with E-state index in [4.69, 9.17) is 9.47 Å². The van der Waals surface area contributed by atoms with E-state index in [-0.39, 0.29) is 5.97 Å². The Balaban J connectivity index is 1.12. The molecule has 12 heteroatoms. The molecule has 2 aromatic carbocycles. The molecule has 4 aromatic rings. The molecule has 0 fully saturated rings. The molecule has 0 aliphatic carbocycles. The molecule has 49 heavy (non-hydrogen) atoms. The van der Waals surface area contributed by atoms with Crippen molar-refractivity contribution in [1.82, 2.24) is 4.98 Å². The second kappa shape index (κ2) is 20.7. The van der Waals surface area contributed by atoms with Crippen molar-refractivity contribution < 1.29 is 19.1 Å². The number of fused-ring (bicyclic) bond motifs is 1. The van der Waals surface area contributed by atoms with E-state index in [2.05, 4.69) is 62.7 Å². The van der Waals surface area contributed by atoms with Crippen molar-refractivity contribution in [3.05, 3.63) is 85.5 Å². The smallest absolute Gasteiger partial charge is 0.330 e. The number of carbonyl (C=O) groups is 2. The summed E-state index contributed by atoms with van der Waals surface area (Å²) in [5.41, 5.74) is 3.73. The molecule has 0 aliphatic rings. The van der Waals surface area contributed by atoms with Crippen LogP contribution in [0.15, 0.2) is 100 Å². The van der Waals surface area contributed by atoms with Crippen LogP contribution in [0.25, 0.3) is 9.53 Å². The van der Waals surface area contributed by atoms with Gasteiger partial charge in [0.25, 0.3) is 0 Å². The van der Waals surface area contributed by atoms with Crippen LogP contribution in [0.1, 0.15) is 63.4 Å². The van der Waals surface area contributed by atoms with Crippen molar-refractivity contribution in [2.24, 2.45) is 20.5 Å². The number of hydrogen-bond acceptors (Lipinski definition) is 12. The Morgan fingerprint density at radius 1 is 0.735 bits per heavy atom. The van der Waals surface area contributed by atoms with Gasteiger partial charge in [-0.05, 0) is 60.9 Å². The van der Waals surface area contributed by atoms with Crippen LogP contribution in [-0.4, -0.2) is 43.7 Å². The van der Waals surface area contributed by atoms with Gasteiger partial charge >= 0.3 is 11.9 Å². The summed E-state index contributed by atoms with van der Waals surface area (Å²) >= 11 is 2.93. The average molecular weight is 701 g/mol. The monoisotopic (exact) mass is 700 g/mol. The quantitative estimate of drug-likeness (QED) is 0.0348. The van der Waals surface area contributed by atoms with Gasteiger partial charge in [-0.15, -0.1) is 20.5 Å². The summed E-state index contributed by atoms with van der Waals surface area (Å²) in [7, 11) is 2.13. The Morgan fingerprint density at radius 2 is 1.31 bits per heavy atom. The Kier molecular flexibility index (Phi) is 15.8. The molecule has 0 saturated heterocycles. The number of esters is 2. The topological polar surface area (TPSA) is 118 Å². The van der Waals surface area contributed by atoms with E-state index in [1.54, 1.807) is 0 Å². The molecule has 10 nitrogen and oxygen atoms in total. The first kappa shape index (κ1) is 37.3. The highest BCUT2D eigenvalue weighted by molar-refractivity contribution is 7.30. The lowest BCUT2D eigenvalue weighted by atomic mass is 10.1. The maximum atomic E-state index is 11.2. The van der Waals surface area contributed by atoms with E-state index in [9.17, 15) is 9.59 Å². The number of thiazole rings is 1. The second-order valence-electron chi connectivity index (χ2n) is 11.4. The minimum atomic E-state index is -0.420. The van der Waals surface area contributed by atoms with E-state index in [0.717, 1.165) is 62.6 Å². The summed E-state index contributed by atoms with van der Waals surface area (Å²) < 4.78 is 11.0. The third kappa shape index (κ3) is 13.5. The molecule has 0 unspecified atom stereocenters. The molecule has 0 bridgehead atoms. The van der Waals surface area contributed by atoms with E-state index in [1.807, 2.05) is 42.5 Å². The van der Waals surface area contributed by atoms with Crippen LogP contribution >= 0.6 is 22.7 Å². The largest absolute Gasteiger partial charge is 0.463 e. The van der Waals surface area contributed by atoms with Gasteiger partial charge in [-0.1, -0.05) is 92.9 Å². The van der Waals surface area contributed by atoms with Crippen LogP contribution in [-0.2, 0) is 25.5 Å². The number of anilines is 1. The first-order chi connectivity index (χ1) is 23.9. The van der Waals surface area contributed by atoms with Crippen LogP contribution in [0.3, 0.4) is 0 Å². The standard InChI is InChI=1S/C37H44N6O4S2/c1-4-34(44)46-25-14-12-10-8-6-7-9-11-13-24-43(3)31-21-19-30(20-22-31)40-42-37-38-36-32(48-37)27-33(49-36)41-39-29-17-15-28(16-18-29)23-26-47-35(45)5-2/h4-5,15-22,27H,1-2,6-14,23-26H2,3H3. The van der Waals surface area contributed by atoms with Crippen molar-refractivity contribution >= 4 is 71.3 Å². The molecule has 0 atom stereocenters. The molecule has 4 rings (SSSR count). The van der Waals surface area contributed by atoms with Crippen molar-refractivity contribution in [2.45, 2.75) is 64.2 Å². The van der Waals surface area contributed by atoms with Gasteiger partial charge in [0, 0.05) is 37.9 Å². The molecule has 0 aliphatic heterocycles. The molecule has 0 saturated carbocycles. The minimum absolute atomic E-state index is 0.307. The van der Waals surface area contributed by atoms with Crippen LogP contribution in [0, 0.1) is 0 Å². The number of ether oxygens (including phenoxy) is 2. The van der Waals surface area contributed by atoms with Crippen molar-refractivity contribution in [3.63, 3.8) is 0 Å². The van der Waals surface area contributed by atoms with Gasteiger partial charge in [-0.25, -0.2) is 14.6 Å². The minimum Gasteiger partial charge on any atom is -0.463 e. The Hall–Kier alpha value is -4.55. The van der Waals surface area contributed by atoms with E-state index in [0.29, 0.717) is 24.8 Å². The lowest BCUT2D eigenvalue weighted by Gasteiger charge is -2.19. The number of aromatic nitrogens is 1. The third-order valence-corrected chi connectivity index (χ3v) is 9.59. The predicted molar refractivity (Wildman–Crippen MR) is 200 cm³/mol. The van der Waals surface area contributed by atoms with Gasteiger partial charge in [-0.3, -0.25) is 0 Å². The molecule has 0 N–H and O–H groups in total. The Bertz CT molecular complexity index is 1660. The first-order valence-electron chi connectivity index (χ1n) is 16.7. The van der Waals surface area contributed by atoms with E-state index in [1.165, 1.54) is 73.7 Å². The molecule has 0 spiro atoms. The molecular formula is C37H44N6O4S2. The van der Waals surface area contributed by atoms with Gasteiger partial charge in [0.15, 0.2) is 0 Å². The van der Waals surface area contributed by atoms with Crippen LogP contribution in [0.4, 0.5) is 27.2 Å². The fourth-order valence-electron chi connectivity index (χ4n) is 4.89. The first-order valence-corrected chi connectivity index (χ1v) is 18.3. The maximum absolute atomic E-state index is 11.2. The van der Waals surface area contributed by atoms with Gasteiger partial charge in [0.05, 0.1) is 29.3 Å².